The van der Waals surface area contributed by atoms with Crippen LogP contribution in [0, 0.1) is 0 Å². The van der Waals surface area contributed by atoms with Crippen molar-refractivity contribution in [1.29, 1.82) is 1.34 Å². The summed E-state index contributed by atoms with van der Waals surface area (Å²) in [7, 11) is 1.46. The summed E-state index contributed by atoms with van der Waals surface area (Å²) in [5.74, 6) is 0. The van der Waals surface area contributed by atoms with Gasteiger partial charge in [0.15, 0.2) is 0 Å². The first kappa shape index (κ1) is 19.4. The third-order valence-electron chi connectivity index (χ3n) is 1.41. The maximum atomic E-state index is 6.93. The number of hydrogen-bond donors (Lipinski definition) is 0. The summed E-state index contributed by atoms with van der Waals surface area (Å²) in [6.07, 6.45) is 3.20. The van der Waals surface area contributed by atoms with Crippen molar-refractivity contribution in [2.45, 2.75) is 55.8 Å². The molecule has 0 amide bonds. The fraction of sp³-hybridized carbons (Fsp3) is 0.667. The average Bonchev–Trinajstić information content (AvgIpc) is 2.38. The van der Waals surface area contributed by atoms with Gasteiger partial charge in [-0.15, -0.1) is 11.3 Å². The van der Waals surface area contributed by atoms with Gasteiger partial charge in [0.05, 0.1) is 7.81 Å². The first-order valence-corrected chi connectivity index (χ1v) is 4.46. The van der Waals surface area contributed by atoms with Crippen molar-refractivity contribution >= 4 is 19.1 Å². The highest BCUT2D eigenvalue weighted by Crippen LogP contribution is 2.17. The SMILES string of the molecule is C.C.C.C.[2H][B]Cc1ccc(CCC)s1. The molecule has 1 rings (SSSR count). The number of hydrogen-bond acceptors (Lipinski definition) is 1. The van der Waals surface area contributed by atoms with Gasteiger partial charge in [-0.2, -0.15) is 0 Å². The Labute approximate surface area is 98.5 Å². The Morgan fingerprint density at radius 3 is 2.29 bits per heavy atom. The van der Waals surface area contributed by atoms with Crippen LogP contribution in [0.25, 0.3) is 0 Å². The molecule has 1 aromatic heterocycles. The maximum Gasteiger partial charge on any atom is 0.0936 e. The molecule has 0 aliphatic rings. The van der Waals surface area contributed by atoms with Gasteiger partial charge in [-0.3, -0.25) is 0 Å². The molecular weight excluding hydrogens is 187 g/mol. The number of thiophene rings is 1. The molecular formula is C12H28BS. The third-order valence-corrected chi connectivity index (χ3v) is 2.58. The van der Waals surface area contributed by atoms with Crippen LogP contribution in [0.2, 0.25) is 0 Å². The second-order valence-electron chi connectivity index (χ2n) is 2.32. The Morgan fingerprint density at radius 2 is 1.79 bits per heavy atom. The topological polar surface area (TPSA) is 0 Å². The molecule has 0 bridgehead atoms. The largest absolute Gasteiger partial charge is 0.146 e. The van der Waals surface area contributed by atoms with Gasteiger partial charge < -0.3 is 0 Å². The van der Waals surface area contributed by atoms with Crippen LogP contribution in [0.1, 0.15) is 52.8 Å². The van der Waals surface area contributed by atoms with Crippen LogP contribution in [-0.2, 0) is 12.7 Å². The first-order valence-electron chi connectivity index (χ1n) is 4.22. The predicted octanol–water partition coefficient (Wildman–Crippen LogP) is 4.65. The van der Waals surface area contributed by atoms with Gasteiger partial charge in [0.2, 0.25) is 0 Å². The van der Waals surface area contributed by atoms with Crippen LogP contribution in [-0.4, -0.2) is 9.15 Å². The minimum absolute atomic E-state index is 0. The molecule has 1 radical (unpaired) electrons. The summed E-state index contributed by atoms with van der Waals surface area (Å²) in [6, 6.07) is 4.30. The Balaban J connectivity index is -0.000000151. The lowest BCUT2D eigenvalue weighted by molar-refractivity contribution is 0.940. The van der Waals surface area contributed by atoms with Crippen LogP contribution < -0.4 is 0 Å². The van der Waals surface area contributed by atoms with Crippen LogP contribution in [0.4, 0.5) is 0 Å². The van der Waals surface area contributed by atoms with Gasteiger partial charge in [0.1, 0.15) is 0 Å². The van der Waals surface area contributed by atoms with Crippen LogP contribution >= 0.6 is 11.3 Å². The molecule has 14 heavy (non-hydrogen) atoms. The van der Waals surface area contributed by atoms with E-state index in [0.717, 1.165) is 6.32 Å². The summed E-state index contributed by atoms with van der Waals surface area (Å²) < 4.78 is 6.93. The van der Waals surface area contributed by atoms with Crippen LogP contribution in [0.5, 0.6) is 0 Å². The van der Waals surface area contributed by atoms with E-state index < -0.39 is 0 Å². The van der Waals surface area contributed by atoms with Crippen molar-refractivity contribution in [2.24, 2.45) is 0 Å². The zero-order valence-electron chi connectivity index (χ0n) is 7.26. The van der Waals surface area contributed by atoms with Gasteiger partial charge in [-0.05, 0) is 24.8 Å². The fourth-order valence-electron chi connectivity index (χ4n) is 0.913. The summed E-state index contributed by atoms with van der Waals surface area (Å²) in [6.45, 7) is 2.19. The fourth-order valence-corrected chi connectivity index (χ4v) is 1.91. The second kappa shape index (κ2) is 12.8. The van der Waals surface area contributed by atoms with Gasteiger partial charge in [-0.25, -0.2) is 0 Å². The van der Waals surface area contributed by atoms with Crippen molar-refractivity contribution < 1.29 is 0 Å². The zero-order chi connectivity index (χ0) is 8.10. The quantitative estimate of drug-likeness (QED) is 0.643. The summed E-state index contributed by atoms with van der Waals surface area (Å²) >= 11 is 1.83. The molecule has 0 N–H and O–H groups in total. The number of aryl methyl sites for hydroxylation is 1. The van der Waals surface area contributed by atoms with Crippen molar-refractivity contribution in [3.8, 4) is 0 Å². The lowest BCUT2D eigenvalue weighted by Gasteiger charge is -1.88. The molecule has 0 aliphatic carbocycles. The Hall–Kier alpha value is -0.235. The molecule has 85 valence electrons. The minimum atomic E-state index is 0. The van der Waals surface area contributed by atoms with Crippen molar-refractivity contribution in [3.63, 3.8) is 0 Å². The van der Waals surface area contributed by atoms with Crippen molar-refractivity contribution in [1.82, 2.24) is 0 Å². The van der Waals surface area contributed by atoms with Crippen molar-refractivity contribution in [2.75, 3.05) is 0 Å². The zero-order valence-corrected chi connectivity index (χ0v) is 7.08. The van der Waals surface area contributed by atoms with E-state index in [2.05, 4.69) is 19.1 Å². The molecule has 0 spiro atoms. The van der Waals surface area contributed by atoms with E-state index in [1.807, 2.05) is 11.3 Å². The molecule has 0 atom stereocenters. The molecule has 0 saturated heterocycles. The molecule has 0 nitrogen and oxygen atoms in total. The highest BCUT2D eigenvalue weighted by atomic mass is 32.1. The Morgan fingerprint density at radius 1 is 1.21 bits per heavy atom. The van der Waals surface area contributed by atoms with E-state index in [9.17, 15) is 0 Å². The Bertz CT molecular complexity index is 191. The summed E-state index contributed by atoms with van der Waals surface area (Å²) in [4.78, 5) is 2.76. The molecule has 0 fully saturated rings. The first-order chi connectivity index (χ1) is 5.36. The molecule has 1 heterocycles. The molecule has 1 aromatic rings. The maximum absolute atomic E-state index is 6.93. The normalized spacial score (nSPS) is 7.93. The monoisotopic (exact) mass is 216 g/mol. The lowest BCUT2D eigenvalue weighted by Crippen LogP contribution is -1.73. The van der Waals surface area contributed by atoms with E-state index in [4.69, 9.17) is 1.34 Å². The van der Waals surface area contributed by atoms with E-state index in [-0.39, 0.29) is 29.7 Å². The standard InChI is InChI=1S/C8H12BS.4CH4/c1-2-3-7-4-5-8(6-9)10-7;;;;/h4-5,9H,2-3,6H2,1H3;4*1H4/i9D;;;;. The van der Waals surface area contributed by atoms with E-state index in [1.165, 1.54) is 30.4 Å². The lowest BCUT2D eigenvalue weighted by atomic mass is 10.0. The molecule has 0 unspecified atom stereocenters. The summed E-state index contributed by atoms with van der Waals surface area (Å²) in [5.41, 5.74) is 0. The highest BCUT2D eigenvalue weighted by Gasteiger charge is 1.95. The number of rotatable bonds is 4. The van der Waals surface area contributed by atoms with Gasteiger partial charge in [0, 0.05) is 4.88 Å². The van der Waals surface area contributed by atoms with Crippen LogP contribution in [0.3, 0.4) is 0 Å². The molecule has 0 aliphatic heterocycles. The predicted molar refractivity (Wildman–Crippen MR) is 76.1 cm³/mol. The van der Waals surface area contributed by atoms with Crippen molar-refractivity contribution in [3.05, 3.63) is 21.9 Å². The highest BCUT2D eigenvalue weighted by molar-refractivity contribution is 7.12. The molecule has 2 heteroatoms. The van der Waals surface area contributed by atoms with E-state index in [1.54, 1.807) is 0 Å². The van der Waals surface area contributed by atoms with Gasteiger partial charge >= 0.3 is 0 Å². The van der Waals surface area contributed by atoms with Crippen LogP contribution in [0.15, 0.2) is 12.1 Å². The average molecular weight is 216 g/mol. The summed E-state index contributed by atoms with van der Waals surface area (Å²) in [5, 5.41) is 0. The molecule has 0 aromatic carbocycles. The Kier molecular flexibility index (Phi) is 17.6. The second-order valence-corrected chi connectivity index (χ2v) is 3.58. The minimum Gasteiger partial charge on any atom is -0.146 e. The smallest absolute Gasteiger partial charge is 0.0936 e. The molecule has 0 saturated carbocycles. The van der Waals surface area contributed by atoms with E-state index >= 15 is 0 Å². The van der Waals surface area contributed by atoms with Gasteiger partial charge in [-0.1, -0.05) is 49.4 Å². The van der Waals surface area contributed by atoms with Gasteiger partial charge in [0.25, 0.3) is 0 Å². The van der Waals surface area contributed by atoms with E-state index in [0.29, 0.717) is 0 Å². The third kappa shape index (κ3) is 7.20.